The number of rotatable bonds is 7. The minimum Gasteiger partial charge on any atom is -0.396 e. The van der Waals surface area contributed by atoms with Gasteiger partial charge in [-0.25, -0.2) is 0 Å². The van der Waals surface area contributed by atoms with Crippen LogP contribution in [0.3, 0.4) is 0 Å². The molecule has 2 fully saturated rings. The zero-order chi connectivity index (χ0) is 25.3. The zero-order valence-corrected chi connectivity index (χ0v) is 18.2. The third-order valence-electron chi connectivity index (χ3n) is 6.90. The number of aliphatic hydroxyl groups excluding tert-OH is 11. The van der Waals surface area contributed by atoms with Crippen molar-refractivity contribution in [3.8, 4) is 0 Å². The van der Waals surface area contributed by atoms with Crippen molar-refractivity contribution in [2.24, 2.45) is 5.92 Å². The first kappa shape index (κ1) is 27.8. The van der Waals surface area contributed by atoms with E-state index in [0.29, 0.717) is 0 Å². The maximum absolute atomic E-state index is 10.7. The molecule has 0 spiro atoms. The summed E-state index contributed by atoms with van der Waals surface area (Å²) in [7, 11) is 0. The Bertz CT molecular complexity index is 693. The largest absolute Gasteiger partial charge is 0.396 e. The minimum atomic E-state index is -1.75. The third kappa shape index (κ3) is 5.30. The van der Waals surface area contributed by atoms with Crippen LogP contribution in [0.25, 0.3) is 0 Å². The standard InChI is InChI=1S/C20H35NO13/c22-3-6-1-8(12(26)15(29)11(6)25)21-9-2-7(4-23)19(17(31)13(9)27)34-20-18(32)16(30)14(28)10(5-24)33-20/h1,7-32H,2-5H2/t7-,8?,9?,10+,11-,12?,13?,14?,15?,16-,17-,18?,19?,20?/m0/s1. The molecule has 12 N–H and O–H groups in total. The van der Waals surface area contributed by atoms with Crippen LogP contribution in [0.5, 0.6) is 0 Å². The molecule has 34 heavy (non-hydrogen) atoms. The van der Waals surface area contributed by atoms with Crippen molar-refractivity contribution in [3.63, 3.8) is 0 Å². The monoisotopic (exact) mass is 497 g/mol. The van der Waals surface area contributed by atoms with Crippen molar-refractivity contribution < 1.29 is 65.6 Å². The molecular formula is C20H35NO13. The summed E-state index contributed by atoms with van der Waals surface area (Å²) in [4.78, 5) is 0. The number of aliphatic hydroxyl groups is 11. The molecule has 0 aromatic rings. The van der Waals surface area contributed by atoms with Crippen molar-refractivity contribution >= 4 is 0 Å². The Balaban J connectivity index is 1.73. The van der Waals surface area contributed by atoms with Gasteiger partial charge in [0.1, 0.15) is 48.8 Å². The van der Waals surface area contributed by atoms with Crippen LogP contribution in [0.4, 0.5) is 0 Å². The van der Waals surface area contributed by atoms with Crippen LogP contribution in [0.1, 0.15) is 6.42 Å². The van der Waals surface area contributed by atoms with Gasteiger partial charge in [-0.3, -0.25) is 0 Å². The Hall–Kier alpha value is -0.820. The Kier molecular flexibility index (Phi) is 9.38. The van der Waals surface area contributed by atoms with E-state index in [9.17, 15) is 56.2 Å². The third-order valence-corrected chi connectivity index (χ3v) is 6.90. The van der Waals surface area contributed by atoms with Crippen LogP contribution in [-0.2, 0) is 9.47 Å². The summed E-state index contributed by atoms with van der Waals surface area (Å²) < 4.78 is 10.9. The highest BCUT2D eigenvalue weighted by Crippen LogP contribution is 2.33. The molecule has 3 aliphatic rings. The summed E-state index contributed by atoms with van der Waals surface area (Å²) >= 11 is 0. The molecule has 0 radical (unpaired) electrons. The molecule has 2 aliphatic carbocycles. The lowest BCUT2D eigenvalue weighted by molar-refractivity contribution is -0.328. The van der Waals surface area contributed by atoms with E-state index >= 15 is 0 Å². The number of ether oxygens (including phenoxy) is 2. The van der Waals surface area contributed by atoms with E-state index in [0.717, 1.165) is 0 Å². The molecule has 1 saturated carbocycles. The molecule has 0 bridgehead atoms. The summed E-state index contributed by atoms with van der Waals surface area (Å²) in [5, 5.41) is 113. The lowest BCUT2D eigenvalue weighted by atomic mass is 9.78. The van der Waals surface area contributed by atoms with E-state index in [2.05, 4.69) is 5.32 Å². The van der Waals surface area contributed by atoms with Crippen molar-refractivity contribution in [3.05, 3.63) is 11.6 Å². The fourth-order valence-corrected chi connectivity index (χ4v) is 4.77. The van der Waals surface area contributed by atoms with Gasteiger partial charge in [0.2, 0.25) is 0 Å². The fourth-order valence-electron chi connectivity index (χ4n) is 4.77. The lowest BCUT2D eigenvalue weighted by Crippen LogP contribution is -2.66. The van der Waals surface area contributed by atoms with Crippen molar-refractivity contribution in [2.45, 2.75) is 85.8 Å². The van der Waals surface area contributed by atoms with Gasteiger partial charge < -0.3 is 71.0 Å². The molecular weight excluding hydrogens is 462 g/mol. The average Bonchev–Trinajstić information content (AvgIpc) is 2.83. The number of hydrogen-bond acceptors (Lipinski definition) is 14. The van der Waals surface area contributed by atoms with E-state index in [4.69, 9.17) is 9.47 Å². The summed E-state index contributed by atoms with van der Waals surface area (Å²) in [6.45, 7) is -1.80. The van der Waals surface area contributed by atoms with Gasteiger partial charge in [0.05, 0.1) is 31.5 Å². The van der Waals surface area contributed by atoms with Gasteiger partial charge in [0, 0.05) is 18.6 Å². The number of hydrogen-bond donors (Lipinski definition) is 12. The fraction of sp³-hybridized carbons (Fsp3) is 0.900. The second kappa shape index (κ2) is 11.5. The molecule has 0 amide bonds. The Morgan fingerprint density at radius 3 is 2.06 bits per heavy atom. The predicted octanol–water partition coefficient (Wildman–Crippen LogP) is -6.75. The minimum absolute atomic E-state index is 0.0129. The SMILES string of the molecule is OCC1=CC(NC2C[C@@H](CO)C(OC3O[C@H](CO)C(O)[C@H](O)C3O)[C@@H](O)C2O)C(O)C(O)[C@H]1O. The molecule has 198 valence electrons. The molecule has 0 aromatic heterocycles. The maximum Gasteiger partial charge on any atom is 0.187 e. The summed E-state index contributed by atoms with van der Waals surface area (Å²) in [5.41, 5.74) is 0.0590. The number of nitrogens with one attached hydrogen (secondary N) is 1. The lowest BCUT2D eigenvalue weighted by Gasteiger charge is -2.47. The molecule has 1 aliphatic heterocycles. The highest BCUT2D eigenvalue weighted by Gasteiger charge is 2.50. The first-order valence-corrected chi connectivity index (χ1v) is 11.1. The highest BCUT2D eigenvalue weighted by molar-refractivity contribution is 5.22. The first-order valence-electron chi connectivity index (χ1n) is 11.1. The quantitative estimate of drug-likeness (QED) is 0.146. The van der Waals surface area contributed by atoms with E-state index in [1.165, 1.54) is 6.08 Å². The summed E-state index contributed by atoms with van der Waals surface area (Å²) in [5.74, 6) is -0.833. The van der Waals surface area contributed by atoms with Crippen LogP contribution in [-0.4, -0.2) is 155 Å². The van der Waals surface area contributed by atoms with E-state index in [-0.39, 0.29) is 12.0 Å². The van der Waals surface area contributed by atoms with E-state index < -0.39 is 105 Å². The van der Waals surface area contributed by atoms with E-state index in [1.54, 1.807) is 0 Å². The van der Waals surface area contributed by atoms with Crippen LogP contribution in [0.15, 0.2) is 11.6 Å². The molecule has 14 atom stereocenters. The second-order valence-electron chi connectivity index (χ2n) is 9.08. The van der Waals surface area contributed by atoms with Crippen molar-refractivity contribution in [1.82, 2.24) is 5.32 Å². The Morgan fingerprint density at radius 1 is 0.794 bits per heavy atom. The molecule has 0 aromatic carbocycles. The average molecular weight is 497 g/mol. The summed E-state index contributed by atoms with van der Waals surface area (Å²) in [6, 6.07) is -1.94. The predicted molar refractivity (Wildman–Crippen MR) is 110 cm³/mol. The molecule has 14 nitrogen and oxygen atoms in total. The molecule has 9 unspecified atom stereocenters. The van der Waals surface area contributed by atoms with Crippen molar-refractivity contribution in [2.75, 3.05) is 19.8 Å². The van der Waals surface area contributed by atoms with Crippen LogP contribution in [0.2, 0.25) is 0 Å². The van der Waals surface area contributed by atoms with Gasteiger partial charge in [-0.05, 0) is 12.0 Å². The van der Waals surface area contributed by atoms with Gasteiger partial charge in [-0.1, -0.05) is 6.08 Å². The van der Waals surface area contributed by atoms with Crippen LogP contribution >= 0.6 is 0 Å². The van der Waals surface area contributed by atoms with Crippen molar-refractivity contribution in [1.29, 1.82) is 0 Å². The van der Waals surface area contributed by atoms with Gasteiger partial charge in [-0.15, -0.1) is 0 Å². The summed E-state index contributed by atoms with van der Waals surface area (Å²) in [6.07, 6.45) is -15.7. The maximum atomic E-state index is 10.7. The highest BCUT2D eigenvalue weighted by atomic mass is 16.7. The smallest absolute Gasteiger partial charge is 0.187 e. The van der Waals surface area contributed by atoms with Crippen LogP contribution in [0, 0.1) is 5.92 Å². The first-order chi connectivity index (χ1) is 16.0. The zero-order valence-electron chi connectivity index (χ0n) is 18.2. The van der Waals surface area contributed by atoms with Gasteiger partial charge >= 0.3 is 0 Å². The van der Waals surface area contributed by atoms with Crippen LogP contribution < -0.4 is 5.32 Å². The normalized spacial score (nSPS) is 50.1. The van der Waals surface area contributed by atoms with Gasteiger partial charge in [0.25, 0.3) is 0 Å². The molecule has 1 heterocycles. The van der Waals surface area contributed by atoms with E-state index in [1.807, 2.05) is 0 Å². The molecule has 14 heteroatoms. The molecule has 1 saturated heterocycles. The van der Waals surface area contributed by atoms with Gasteiger partial charge in [0.15, 0.2) is 6.29 Å². The Labute approximate surface area is 194 Å². The Morgan fingerprint density at radius 2 is 1.47 bits per heavy atom. The van der Waals surface area contributed by atoms with Gasteiger partial charge in [-0.2, -0.15) is 0 Å². The second-order valence-corrected chi connectivity index (χ2v) is 9.08. The molecule has 3 rings (SSSR count). The topological polar surface area (TPSA) is 253 Å².